The normalized spacial score (nSPS) is 16.6. The number of rotatable bonds is 4. The monoisotopic (exact) mass is 534 g/mol. The molecule has 0 aromatic heterocycles. The Kier molecular flexibility index (Phi) is 6.17. The maximum Gasteiger partial charge on any atom is 0.0673 e. The number of allylic oxidation sites excluding steroid dienone is 4. The smallest absolute Gasteiger partial charge is 0.0673 e. The van der Waals surface area contributed by atoms with Gasteiger partial charge in [-0.1, -0.05) is 130 Å². The molecule has 0 amide bonds. The topological polar surface area (TPSA) is 0 Å². The van der Waals surface area contributed by atoms with Crippen molar-refractivity contribution >= 4 is 23.2 Å². The van der Waals surface area contributed by atoms with E-state index < -0.39 is 5.41 Å². The van der Waals surface area contributed by atoms with Gasteiger partial charge in [-0.2, -0.15) is 0 Å². The molecule has 0 fully saturated rings. The highest BCUT2D eigenvalue weighted by atomic mass is 35.5. The Hall–Kier alpha value is -3.06. The number of halogens is 2. The Balaban J connectivity index is 1.73. The molecule has 0 N–H and O–H groups in total. The van der Waals surface area contributed by atoms with Crippen LogP contribution in [-0.4, -0.2) is 0 Å². The molecule has 0 nitrogen and oxygen atoms in total. The van der Waals surface area contributed by atoms with Gasteiger partial charge < -0.3 is 0 Å². The molecule has 2 heteroatoms. The van der Waals surface area contributed by atoms with Crippen LogP contribution >= 0.6 is 23.2 Å². The average Bonchev–Trinajstić information content (AvgIpc) is 3.48. The summed E-state index contributed by atoms with van der Waals surface area (Å²) in [4.78, 5) is 0. The van der Waals surface area contributed by atoms with Crippen molar-refractivity contribution in [1.82, 2.24) is 0 Å². The van der Waals surface area contributed by atoms with Crippen LogP contribution < -0.4 is 0 Å². The van der Waals surface area contributed by atoms with Crippen LogP contribution in [-0.2, 0) is 11.8 Å². The summed E-state index contributed by atoms with van der Waals surface area (Å²) in [6.45, 7) is 9.24. The van der Waals surface area contributed by atoms with Gasteiger partial charge in [-0.3, -0.25) is 0 Å². The largest absolute Gasteiger partial charge is 0.0843 e. The van der Waals surface area contributed by atoms with Crippen LogP contribution in [0.25, 0.3) is 11.1 Å². The number of hydrogen-bond donors (Lipinski definition) is 0. The summed E-state index contributed by atoms with van der Waals surface area (Å²) in [6.07, 6.45) is 5.84. The van der Waals surface area contributed by atoms with Gasteiger partial charge in [0.05, 0.1) is 5.41 Å². The minimum absolute atomic E-state index is 0.0522. The third-order valence-electron chi connectivity index (χ3n) is 8.34. The van der Waals surface area contributed by atoms with Crippen molar-refractivity contribution in [3.05, 3.63) is 152 Å². The Morgan fingerprint density at radius 2 is 1.26 bits per heavy atom. The second kappa shape index (κ2) is 9.30. The fourth-order valence-corrected chi connectivity index (χ4v) is 6.75. The zero-order chi connectivity index (χ0) is 26.7. The molecule has 0 saturated heterocycles. The third-order valence-corrected chi connectivity index (χ3v) is 8.84. The van der Waals surface area contributed by atoms with E-state index in [1.807, 2.05) is 24.3 Å². The van der Waals surface area contributed by atoms with Gasteiger partial charge in [0.1, 0.15) is 0 Å². The summed E-state index contributed by atoms with van der Waals surface area (Å²) in [5, 5.41) is 1.48. The Morgan fingerprint density at radius 3 is 1.84 bits per heavy atom. The molecular formula is C36H32Cl2. The molecule has 0 bridgehead atoms. The Morgan fingerprint density at radius 1 is 0.684 bits per heavy atom. The van der Waals surface area contributed by atoms with E-state index in [0.29, 0.717) is 0 Å². The van der Waals surface area contributed by atoms with E-state index in [-0.39, 0.29) is 11.3 Å². The van der Waals surface area contributed by atoms with Crippen molar-refractivity contribution in [2.24, 2.45) is 11.3 Å². The minimum atomic E-state index is -0.508. The molecule has 2 aliphatic rings. The predicted octanol–water partition coefficient (Wildman–Crippen LogP) is 10.4. The zero-order valence-corrected chi connectivity index (χ0v) is 23.9. The third kappa shape index (κ3) is 3.98. The summed E-state index contributed by atoms with van der Waals surface area (Å²) in [5.74, 6) is 0.259. The molecule has 38 heavy (non-hydrogen) atoms. The minimum Gasteiger partial charge on any atom is -0.0843 e. The first-order valence-electron chi connectivity index (χ1n) is 13.4. The molecule has 0 aliphatic heterocycles. The maximum atomic E-state index is 6.46. The van der Waals surface area contributed by atoms with Crippen LogP contribution in [0.1, 0.15) is 55.5 Å². The number of fused-ring (bicyclic) bond motifs is 3. The SMILES string of the molecule is CC1C=C(C(C)(C)C)C=C1C(c1ccc(Cl)cc1)(c1ccc(Cl)cc1)c1cccc2c1Cc1ccccc1-2. The van der Waals surface area contributed by atoms with E-state index in [4.69, 9.17) is 23.2 Å². The molecular weight excluding hydrogens is 503 g/mol. The lowest BCUT2D eigenvalue weighted by Crippen LogP contribution is -2.34. The Labute approximate surface area is 236 Å². The van der Waals surface area contributed by atoms with Crippen LogP contribution in [0, 0.1) is 11.3 Å². The molecule has 190 valence electrons. The average molecular weight is 536 g/mol. The van der Waals surface area contributed by atoms with E-state index in [1.165, 1.54) is 50.1 Å². The Bertz CT molecular complexity index is 1530. The van der Waals surface area contributed by atoms with Gasteiger partial charge in [0, 0.05) is 10.0 Å². The van der Waals surface area contributed by atoms with Gasteiger partial charge in [-0.05, 0) is 92.1 Å². The van der Waals surface area contributed by atoms with Gasteiger partial charge in [0.15, 0.2) is 0 Å². The standard InChI is InChI=1S/C36H32Cl2/c1-23-20-27(35(2,3)4)22-34(23)36(25-12-16-28(37)17-13-25,26-14-18-29(38)19-15-26)33-11-7-10-31-30-9-6-5-8-24(30)21-32(31)33/h5-20,22-23H,21H2,1-4H3. The van der Waals surface area contributed by atoms with Gasteiger partial charge in [-0.15, -0.1) is 0 Å². The summed E-state index contributed by atoms with van der Waals surface area (Å²) in [6, 6.07) is 32.6. The fraction of sp³-hybridized carbons (Fsp3) is 0.222. The fourth-order valence-electron chi connectivity index (χ4n) is 6.50. The van der Waals surface area contributed by atoms with Crippen molar-refractivity contribution in [1.29, 1.82) is 0 Å². The van der Waals surface area contributed by atoms with Crippen LogP contribution in [0.4, 0.5) is 0 Å². The van der Waals surface area contributed by atoms with Crippen LogP contribution in [0.5, 0.6) is 0 Å². The van der Waals surface area contributed by atoms with Gasteiger partial charge in [-0.25, -0.2) is 0 Å². The second-order valence-electron chi connectivity index (χ2n) is 11.7. The van der Waals surface area contributed by atoms with E-state index in [1.54, 1.807) is 0 Å². The van der Waals surface area contributed by atoms with Crippen molar-refractivity contribution < 1.29 is 0 Å². The highest BCUT2D eigenvalue weighted by Crippen LogP contribution is 2.55. The second-order valence-corrected chi connectivity index (χ2v) is 12.6. The molecule has 0 heterocycles. The summed E-state index contributed by atoms with van der Waals surface area (Å²) < 4.78 is 0. The predicted molar refractivity (Wildman–Crippen MR) is 162 cm³/mol. The lowest BCUT2D eigenvalue weighted by atomic mass is 9.61. The van der Waals surface area contributed by atoms with E-state index in [9.17, 15) is 0 Å². The molecule has 6 rings (SSSR count). The van der Waals surface area contributed by atoms with Gasteiger partial charge >= 0.3 is 0 Å². The van der Waals surface area contributed by atoms with E-state index in [2.05, 4.69) is 107 Å². The summed E-state index contributed by atoms with van der Waals surface area (Å²) in [7, 11) is 0. The number of benzene rings is 4. The first kappa shape index (κ1) is 25.2. The van der Waals surface area contributed by atoms with Crippen molar-refractivity contribution in [3.8, 4) is 11.1 Å². The van der Waals surface area contributed by atoms with Crippen LogP contribution in [0.3, 0.4) is 0 Å². The van der Waals surface area contributed by atoms with E-state index >= 15 is 0 Å². The highest BCUT2D eigenvalue weighted by molar-refractivity contribution is 6.30. The van der Waals surface area contributed by atoms with Gasteiger partial charge in [0.25, 0.3) is 0 Å². The lowest BCUT2D eigenvalue weighted by Gasteiger charge is -2.41. The van der Waals surface area contributed by atoms with Crippen LogP contribution in [0.2, 0.25) is 10.0 Å². The summed E-state index contributed by atoms with van der Waals surface area (Å²) >= 11 is 12.9. The summed E-state index contributed by atoms with van der Waals surface area (Å²) in [5.41, 5.74) is 11.5. The lowest BCUT2D eigenvalue weighted by molar-refractivity contribution is 0.516. The molecule has 0 saturated carbocycles. The molecule has 4 aromatic carbocycles. The maximum absolute atomic E-state index is 6.46. The number of hydrogen-bond acceptors (Lipinski definition) is 0. The molecule has 0 radical (unpaired) electrons. The van der Waals surface area contributed by atoms with Crippen molar-refractivity contribution in [2.45, 2.75) is 39.5 Å². The molecule has 1 unspecified atom stereocenters. The van der Waals surface area contributed by atoms with Crippen LogP contribution in [0.15, 0.2) is 114 Å². The highest BCUT2D eigenvalue weighted by Gasteiger charge is 2.46. The zero-order valence-electron chi connectivity index (χ0n) is 22.4. The first-order chi connectivity index (χ1) is 18.2. The quantitative estimate of drug-likeness (QED) is 0.201. The molecule has 0 spiro atoms. The first-order valence-corrected chi connectivity index (χ1v) is 14.1. The molecule has 1 atom stereocenters. The molecule has 2 aliphatic carbocycles. The van der Waals surface area contributed by atoms with Crippen molar-refractivity contribution in [3.63, 3.8) is 0 Å². The van der Waals surface area contributed by atoms with Crippen molar-refractivity contribution in [2.75, 3.05) is 0 Å². The molecule has 4 aromatic rings. The van der Waals surface area contributed by atoms with Gasteiger partial charge in [0.2, 0.25) is 0 Å². The van der Waals surface area contributed by atoms with E-state index in [0.717, 1.165) is 16.5 Å².